The van der Waals surface area contributed by atoms with Crippen LogP contribution in [0.5, 0.6) is 0 Å². The summed E-state index contributed by atoms with van der Waals surface area (Å²) in [7, 11) is 0. The minimum atomic E-state index is -1.20. The molecule has 0 radical (unpaired) electrons. The lowest BCUT2D eigenvalue weighted by atomic mass is 10.0. The summed E-state index contributed by atoms with van der Waals surface area (Å²) < 4.78 is 9.39. The number of hydrogen-bond acceptors (Lipinski definition) is 7. The van der Waals surface area contributed by atoms with Crippen LogP contribution in [-0.2, 0) is 23.9 Å². The number of unbranched alkanes of at least 4 members (excludes halogenated alkanes) is 1. The highest BCUT2D eigenvalue weighted by Gasteiger charge is 2.21. The van der Waals surface area contributed by atoms with Gasteiger partial charge >= 0.3 is 5.97 Å². The lowest BCUT2D eigenvalue weighted by molar-refractivity contribution is -0.149. The highest BCUT2D eigenvalue weighted by Crippen LogP contribution is 2.07. The fourth-order valence-electron chi connectivity index (χ4n) is 1.26. The molecular formula is C11H19NO6. The van der Waals surface area contributed by atoms with Crippen molar-refractivity contribution in [2.45, 2.75) is 25.4 Å². The van der Waals surface area contributed by atoms with Crippen molar-refractivity contribution in [1.82, 2.24) is 0 Å². The fraction of sp³-hybridized carbons (Fsp3) is 0.727. The second kappa shape index (κ2) is 10.7. The number of ether oxygens (including phenoxy) is 2. The molecule has 7 nitrogen and oxygen atoms in total. The molecule has 0 aromatic heterocycles. The van der Waals surface area contributed by atoms with E-state index in [4.69, 9.17) is 15.6 Å². The first-order valence-electron chi connectivity index (χ1n) is 5.71. The summed E-state index contributed by atoms with van der Waals surface area (Å²) in [6.07, 6.45) is 0.274. The molecule has 0 aliphatic rings. The molecule has 0 spiro atoms. The van der Waals surface area contributed by atoms with E-state index < -0.39 is 18.0 Å². The molecule has 7 heteroatoms. The van der Waals surface area contributed by atoms with Crippen LogP contribution < -0.4 is 5.73 Å². The Kier molecular flexibility index (Phi) is 9.80. The van der Waals surface area contributed by atoms with Crippen LogP contribution in [0.3, 0.4) is 0 Å². The van der Waals surface area contributed by atoms with Gasteiger partial charge in [-0.05, 0) is 19.3 Å². The van der Waals surface area contributed by atoms with Crippen molar-refractivity contribution in [3.8, 4) is 0 Å². The van der Waals surface area contributed by atoms with E-state index in [-0.39, 0.29) is 26.2 Å². The van der Waals surface area contributed by atoms with Crippen molar-refractivity contribution < 1.29 is 29.0 Å². The third-order valence-corrected chi connectivity index (χ3v) is 2.27. The van der Waals surface area contributed by atoms with Crippen LogP contribution in [0.25, 0.3) is 0 Å². The van der Waals surface area contributed by atoms with Gasteiger partial charge in [0.1, 0.15) is 12.4 Å². The summed E-state index contributed by atoms with van der Waals surface area (Å²) in [4.78, 5) is 31.6. The Bertz CT molecular complexity index is 258. The number of nitrogens with two attached hydrogens (primary N) is 1. The van der Waals surface area contributed by atoms with E-state index in [1.54, 1.807) is 0 Å². The van der Waals surface area contributed by atoms with Crippen LogP contribution in [-0.4, -0.2) is 49.7 Å². The summed E-state index contributed by atoms with van der Waals surface area (Å²) in [5, 5.41) is 9.10. The summed E-state index contributed by atoms with van der Waals surface area (Å²) in [6.45, 7) is 0.842. The number of esters is 1. The van der Waals surface area contributed by atoms with Gasteiger partial charge in [0.15, 0.2) is 0 Å². The standard InChI is InChI=1S/C11H19NO6/c12-6-9(5-10(15)7-13)11(16)18-4-2-1-3-17-8-14/h7-10,15H,1-6,12H2. The molecule has 0 aromatic carbocycles. The fourth-order valence-corrected chi connectivity index (χ4v) is 1.26. The van der Waals surface area contributed by atoms with Gasteiger partial charge in [-0.3, -0.25) is 9.59 Å². The van der Waals surface area contributed by atoms with Gasteiger partial charge in [-0.1, -0.05) is 0 Å². The summed E-state index contributed by atoms with van der Waals surface area (Å²) in [5.41, 5.74) is 5.36. The maximum Gasteiger partial charge on any atom is 0.310 e. The molecule has 0 fully saturated rings. The average Bonchev–Trinajstić information content (AvgIpc) is 2.39. The van der Waals surface area contributed by atoms with Gasteiger partial charge in [0, 0.05) is 6.54 Å². The molecule has 0 amide bonds. The van der Waals surface area contributed by atoms with E-state index in [1.807, 2.05) is 0 Å². The highest BCUT2D eigenvalue weighted by atomic mass is 16.5. The molecule has 2 unspecified atom stereocenters. The quantitative estimate of drug-likeness (QED) is 0.278. The van der Waals surface area contributed by atoms with Crippen molar-refractivity contribution in [2.24, 2.45) is 11.7 Å². The summed E-state index contributed by atoms with van der Waals surface area (Å²) in [5.74, 6) is -1.22. The van der Waals surface area contributed by atoms with Crippen molar-refractivity contribution >= 4 is 18.7 Å². The Labute approximate surface area is 105 Å². The molecule has 0 aromatic rings. The Morgan fingerprint density at radius 1 is 1.28 bits per heavy atom. The number of hydrogen-bond donors (Lipinski definition) is 2. The van der Waals surface area contributed by atoms with Gasteiger partial charge in [0.25, 0.3) is 6.47 Å². The normalized spacial score (nSPS) is 13.4. The Balaban J connectivity index is 3.76. The number of rotatable bonds is 11. The molecule has 0 aliphatic carbocycles. The van der Waals surface area contributed by atoms with Gasteiger partial charge in [0.05, 0.1) is 19.1 Å². The zero-order chi connectivity index (χ0) is 13.8. The molecule has 0 aliphatic heterocycles. The van der Waals surface area contributed by atoms with Crippen LogP contribution >= 0.6 is 0 Å². The molecule has 0 saturated heterocycles. The van der Waals surface area contributed by atoms with Crippen molar-refractivity contribution in [3.63, 3.8) is 0 Å². The summed E-state index contributed by atoms with van der Waals surface area (Å²) >= 11 is 0. The molecule has 0 rings (SSSR count). The smallest absolute Gasteiger partial charge is 0.310 e. The van der Waals surface area contributed by atoms with Gasteiger partial charge in [-0.15, -0.1) is 0 Å². The molecular weight excluding hydrogens is 242 g/mol. The maximum absolute atomic E-state index is 11.5. The zero-order valence-electron chi connectivity index (χ0n) is 10.1. The van der Waals surface area contributed by atoms with E-state index >= 15 is 0 Å². The molecule has 2 atom stereocenters. The molecule has 0 heterocycles. The van der Waals surface area contributed by atoms with E-state index in [2.05, 4.69) is 4.74 Å². The van der Waals surface area contributed by atoms with Gasteiger partial charge < -0.3 is 25.1 Å². The van der Waals surface area contributed by atoms with Gasteiger partial charge in [-0.2, -0.15) is 0 Å². The molecule has 104 valence electrons. The lowest BCUT2D eigenvalue weighted by Gasteiger charge is -2.14. The Morgan fingerprint density at radius 3 is 2.50 bits per heavy atom. The van der Waals surface area contributed by atoms with Crippen LogP contribution in [0, 0.1) is 5.92 Å². The largest absolute Gasteiger partial charge is 0.468 e. The number of aldehydes is 1. The van der Waals surface area contributed by atoms with E-state index in [0.717, 1.165) is 0 Å². The SMILES string of the molecule is NCC(CC(O)C=O)C(=O)OCCCCOC=O. The molecule has 0 saturated carbocycles. The molecule has 0 bridgehead atoms. The number of carbonyl (C=O) groups excluding carboxylic acids is 3. The van der Waals surface area contributed by atoms with Gasteiger partial charge in [0.2, 0.25) is 0 Å². The third kappa shape index (κ3) is 7.75. The minimum Gasteiger partial charge on any atom is -0.468 e. The van der Waals surface area contributed by atoms with Crippen LogP contribution in [0.15, 0.2) is 0 Å². The molecule has 3 N–H and O–H groups in total. The van der Waals surface area contributed by atoms with Crippen LogP contribution in [0.1, 0.15) is 19.3 Å². The van der Waals surface area contributed by atoms with E-state index in [1.165, 1.54) is 0 Å². The van der Waals surface area contributed by atoms with Gasteiger partial charge in [-0.25, -0.2) is 0 Å². The summed E-state index contributed by atoms with van der Waals surface area (Å²) in [6, 6.07) is 0. The van der Waals surface area contributed by atoms with E-state index in [0.29, 0.717) is 25.6 Å². The van der Waals surface area contributed by atoms with E-state index in [9.17, 15) is 14.4 Å². The number of aliphatic hydroxyl groups excluding tert-OH is 1. The Hall–Kier alpha value is -1.47. The van der Waals surface area contributed by atoms with Crippen molar-refractivity contribution in [2.75, 3.05) is 19.8 Å². The molecule has 18 heavy (non-hydrogen) atoms. The van der Waals surface area contributed by atoms with Crippen LogP contribution in [0.4, 0.5) is 0 Å². The average molecular weight is 261 g/mol. The second-order valence-electron chi connectivity index (χ2n) is 3.71. The second-order valence-corrected chi connectivity index (χ2v) is 3.71. The van der Waals surface area contributed by atoms with Crippen LogP contribution in [0.2, 0.25) is 0 Å². The maximum atomic E-state index is 11.5. The first-order valence-corrected chi connectivity index (χ1v) is 5.71. The minimum absolute atomic E-state index is 0.0119. The number of carbonyl (C=O) groups is 3. The number of aliphatic hydroxyl groups is 1. The Morgan fingerprint density at radius 2 is 1.94 bits per heavy atom. The first-order chi connectivity index (χ1) is 8.65. The monoisotopic (exact) mass is 261 g/mol. The first kappa shape index (κ1) is 16.5. The topological polar surface area (TPSA) is 116 Å². The van der Waals surface area contributed by atoms with Crippen molar-refractivity contribution in [1.29, 1.82) is 0 Å². The van der Waals surface area contributed by atoms with Crippen molar-refractivity contribution in [3.05, 3.63) is 0 Å². The zero-order valence-corrected chi connectivity index (χ0v) is 10.1. The predicted molar refractivity (Wildman–Crippen MR) is 61.4 cm³/mol. The highest BCUT2D eigenvalue weighted by molar-refractivity contribution is 5.73. The predicted octanol–water partition coefficient (Wildman–Crippen LogP) is -0.992. The third-order valence-electron chi connectivity index (χ3n) is 2.27. The lowest BCUT2D eigenvalue weighted by Crippen LogP contribution is -2.30.